The van der Waals surface area contributed by atoms with Crippen molar-refractivity contribution in [3.8, 4) is 0 Å². The Balaban J connectivity index is 2.37. The summed E-state index contributed by atoms with van der Waals surface area (Å²) in [7, 11) is 0. The van der Waals surface area contributed by atoms with Crippen molar-refractivity contribution >= 4 is 10.9 Å². The molecular formula is C13H15NO4. The maximum Gasteiger partial charge on any atom is 0.422 e. The fraction of sp³-hybridized carbons (Fsp3) is 0.385. The summed E-state index contributed by atoms with van der Waals surface area (Å²) < 4.78 is 11.4. The minimum atomic E-state index is -0.640. The van der Waals surface area contributed by atoms with E-state index in [2.05, 4.69) is 4.42 Å². The molecule has 0 radical (unpaired) electrons. The van der Waals surface area contributed by atoms with Gasteiger partial charge in [0.15, 0.2) is 0 Å². The molecule has 0 spiro atoms. The first-order valence-corrected chi connectivity index (χ1v) is 5.94. The number of benzene rings is 1. The standard InChI is InChI=1S/C13H15NO4/c1-2-8-17-9-7-14-11-6-4-3-5-10(11)12(15)18-13(14)16/h3-6H,2,7-9H2,1H3. The largest absolute Gasteiger partial charge is 0.422 e. The minimum absolute atomic E-state index is 0.378. The molecule has 0 unspecified atom stereocenters. The molecule has 5 nitrogen and oxygen atoms in total. The molecule has 1 heterocycles. The van der Waals surface area contributed by atoms with Crippen LogP contribution in [-0.4, -0.2) is 17.8 Å². The third kappa shape index (κ3) is 2.51. The molecule has 0 aliphatic carbocycles. The lowest BCUT2D eigenvalue weighted by molar-refractivity contribution is 0.125. The molecule has 0 aliphatic rings. The van der Waals surface area contributed by atoms with Gasteiger partial charge in [-0.15, -0.1) is 0 Å². The second-order valence-electron chi connectivity index (χ2n) is 3.94. The zero-order chi connectivity index (χ0) is 13.0. The van der Waals surface area contributed by atoms with E-state index in [4.69, 9.17) is 4.74 Å². The van der Waals surface area contributed by atoms with Crippen molar-refractivity contribution in [2.75, 3.05) is 13.2 Å². The summed E-state index contributed by atoms with van der Waals surface area (Å²) in [5.74, 6) is -0.640. The summed E-state index contributed by atoms with van der Waals surface area (Å²) in [4.78, 5) is 23.2. The monoisotopic (exact) mass is 249 g/mol. The fourth-order valence-electron chi connectivity index (χ4n) is 1.78. The highest BCUT2D eigenvalue weighted by Crippen LogP contribution is 2.06. The summed E-state index contributed by atoms with van der Waals surface area (Å²) >= 11 is 0. The summed E-state index contributed by atoms with van der Waals surface area (Å²) in [5, 5.41) is 0.410. The number of hydrogen-bond donors (Lipinski definition) is 0. The molecule has 1 aromatic heterocycles. The number of para-hydroxylation sites is 1. The lowest BCUT2D eigenvalue weighted by Gasteiger charge is -2.08. The van der Waals surface area contributed by atoms with Crippen molar-refractivity contribution in [1.29, 1.82) is 0 Å². The molecule has 0 saturated carbocycles. The van der Waals surface area contributed by atoms with E-state index < -0.39 is 11.4 Å². The van der Waals surface area contributed by atoms with Crippen LogP contribution in [-0.2, 0) is 11.3 Å². The molecule has 1 aromatic carbocycles. The number of hydrogen-bond acceptors (Lipinski definition) is 4. The lowest BCUT2D eigenvalue weighted by atomic mass is 10.2. The zero-order valence-electron chi connectivity index (χ0n) is 10.2. The number of nitrogens with zero attached hydrogens (tertiary/aromatic N) is 1. The van der Waals surface area contributed by atoms with E-state index in [0.29, 0.717) is 30.7 Å². The van der Waals surface area contributed by atoms with Crippen LogP contribution in [0.4, 0.5) is 0 Å². The number of rotatable bonds is 5. The zero-order valence-corrected chi connectivity index (χ0v) is 10.2. The van der Waals surface area contributed by atoms with Crippen molar-refractivity contribution in [2.24, 2.45) is 0 Å². The quantitative estimate of drug-likeness (QED) is 0.751. The maximum absolute atomic E-state index is 11.7. The van der Waals surface area contributed by atoms with E-state index in [0.717, 1.165) is 6.42 Å². The van der Waals surface area contributed by atoms with Crippen molar-refractivity contribution in [2.45, 2.75) is 19.9 Å². The van der Waals surface area contributed by atoms with Gasteiger partial charge in [0.25, 0.3) is 0 Å². The summed E-state index contributed by atoms with van der Waals surface area (Å²) in [6.45, 7) is 3.47. The van der Waals surface area contributed by atoms with Crippen LogP contribution in [0.2, 0.25) is 0 Å². The average Bonchev–Trinajstić information content (AvgIpc) is 2.38. The molecule has 2 rings (SSSR count). The van der Waals surface area contributed by atoms with E-state index in [1.54, 1.807) is 24.3 Å². The fourth-order valence-corrected chi connectivity index (χ4v) is 1.78. The Morgan fingerprint density at radius 1 is 1.22 bits per heavy atom. The van der Waals surface area contributed by atoms with Crippen LogP contribution in [0.25, 0.3) is 10.9 Å². The number of fused-ring (bicyclic) bond motifs is 1. The Kier molecular flexibility index (Phi) is 3.94. The molecule has 2 aromatic rings. The molecule has 0 N–H and O–H groups in total. The van der Waals surface area contributed by atoms with Crippen molar-refractivity contribution < 1.29 is 9.15 Å². The Bertz CT molecular complexity index is 641. The average molecular weight is 249 g/mol. The van der Waals surface area contributed by atoms with Crippen LogP contribution in [0.15, 0.2) is 38.3 Å². The molecule has 0 saturated heterocycles. The Hall–Kier alpha value is -1.88. The van der Waals surface area contributed by atoms with Crippen LogP contribution in [0.5, 0.6) is 0 Å². The third-order valence-corrected chi connectivity index (χ3v) is 2.62. The number of ether oxygens (including phenoxy) is 1. The van der Waals surface area contributed by atoms with Gasteiger partial charge in [0, 0.05) is 6.61 Å². The van der Waals surface area contributed by atoms with E-state index in [1.165, 1.54) is 4.57 Å². The molecule has 5 heteroatoms. The predicted molar refractivity (Wildman–Crippen MR) is 67.9 cm³/mol. The smallest absolute Gasteiger partial charge is 0.380 e. The molecule has 0 amide bonds. The Labute approximate surface area is 104 Å². The second kappa shape index (κ2) is 5.64. The summed E-state index contributed by atoms with van der Waals surface area (Å²) in [6.07, 6.45) is 0.930. The van der Waals surface area contributed by atoms with Crippen molar-refractivity contribution in [3.05, 3.63) is 45.2 Å². The molecule has 0 aliphatic heterocycles. The minimum Gasteiger partial charge on any atom is -0.380 e. The molecule has 18 heavy (non-hydrogen) atoms. The topological polar surface area (TPSA) is 61.4 Å². The lowest BCUT2D eigenvalue weighted by Crippen LogP contribution is -2.26. The molecular weight excluding hydrogens is 234 g/mol. The SMILES string of the molecule is CCCOCCn1c(=O)oc(=O)c2ccccc21. The first kappa shape index (κ1) is 12.6. The Morgan fingerprint density at radius 3 is 2.78 bits per heavy atom. The molecule has 0 atom stereocenters. The van der Waals surface area contributed by atoms with Gasteiger partial charge in [-0.3, -0.25) is 4.57 Å². The van der Waals surface area contributed by atoms with Crippen LogP contribution in [0, 0.1) is 0 Å². The highest BCUT2D eigenvalue weighted by Gasteiger charge is 2.08. The van der Waals surface area contributed by atoms with Gasteiger partial charge in [-0.2, -0.15) is 0 Å². The molecule has 0 bridgehead atoms. The predicted octanol–water partition coefficient (Wildman–Crippen LogP) is 1.38. The second-order valence-corrected chi connectivity index (χ2v) is 3.94. The highest BCUT2D eigenvalue weighted by atomic mass is 16.5. The van der Waals surface area contributed by atoms with E-state index in [1.807, 2.05) is 6.92 Å². The van der Waals surface area contributed by atoms with Gasteiger partial charge in [0.05, 0.1) is 24.1 Å². The van der Waals surface area contributed by atoms with Crippen LogP contribution in [0.1, 0.15) is 13.3 Å². The normalized spacial score (nSPS) is 10.9. The van der Waals surface area contributed by atoms with Gasteiger partial charge in [-0.05, 0) is 18.6 Å². The van der Waals surface area contributed by atoms with Crippen molar-refractivity contribution in [3.63, 3.8) is 0 Å². The number of aromatic nitrogens is 1. The third-order valence-electron chi connectivity index (χ3n) is 2.62. The van der Waals surface area contributed by atoms with E-state index >= 15 is 0 Å². The van der Waals surface area contributed by atoms with Gasteiger partial charge in [0.2, 0.25) is 0 Å². The van der Waals surface area contributed by atoms with Gasteiger partial charge in [-0.1, -0.05) is 19.1 Å². The van der Waals surface area contributed by atoms with Gasteiger partial charge in [-0.25, -0.2) is 9.59 Å². The van der Waals surface area contributed by atoms with Gasteiger partial charge < -0.3 is 9.15 Å². The Morgan fingerprint density at radius 2 is 2.00 bits per heavy atom. The first-order valence-electron chi connectivity index (χ1n) is 5.94. The van der Waals surface area contributed by atoms with E-state index in [-0.39, 0.29) is 0 Å². The summed E-state index contributed by atoms with van der Waals surface area (Å²) in [6, 6.07) is 6.89. The van der Waals surface area contributed by atoms with E-state index in [9.17, 15) is 9.59 Å². The highest BCUT2D eigenvalue weighted by molar-refractivity contribution is 5.77. The van der Waals surface area contributed by atoms with Crippen LogP contribution >= 0.6 is 0 Å². The van der Waals surface area contributed by atoms with Gasteiger partial charge in [0.1, 0.15) is 0 Å². The van der Waals surface area contributed by atoms with Crippen molar-refractivity contribution in [1.82, 2.24) is 4.57 Å². The maximum atomic E-state index is 11.7. The summed E-state index contributed by atoms with van der Waals surface area (Å²) in [5.41, 5.74) is -0.0137. The molecule has 0 fully saturated rings. The van der Waals surface area contributed by atoms with Gasteiger partial charge >= 0.3 is 11.4 Å². The molecule has 96 valence electrons. The van der Waals surface area contributed by atoms with Crippen LogP contribution < -0.4 is 11.4 Å². The van der Waals surface area contributed by atoms with Crippen LogP contribution in [0.3, 0.4) is 0 Å². The first-order chi connectivity index (χ1) is 8.74.